The molecular formula is C21H31NO. The molecule has 0 N–H and O–H groups in total. The van der Waals surface area contributed by atoms with Crippen molar-refractivity contribution in [3.63, 3.8) is 0 Å². The molecule has 0 aromatic heterocycles. The highest BCUT2D eigenvalue weighted by atomic mass is 16.5. The number of anilines is 1. The molecule has 3 aliphatic rings. The first-order chi connectivity index (χ1) is 11.0. The lowest BCUT2D eigenvalue weighted by atomic mass is 9.75. The summed E-state index contributed by atoms with van der Waals surface area (Å²) in [5.74, 6) is 1.60. The highest BCUT2D eigenvalue weighted by Gasteiger charge is 2.48. The van der Waals surface area contributed by atoms with Gasteiger partial charge in [0.1, 0.15) is 0 Å². The Morgan fingerprint density at radius 2 is 1.96 bits per heavy atom. The molecule has 126 valence electrons. The lowest BCUT2D eigenvalue weighted by Gasteiger charge is -2.49. The molecule has 1 saturated carbocycles. The van der Waals surface area contributed by atoms with Crippen molar-refractivity contribution in [2.24, 2.45) is 11.8 Å². The van der Waals surface area contributed by atoms with Crippen LogP contribution in [0.5, 0.6) is 0 Å². The van der Waals surface area contributed by atoms with Crippen molar-refractivity contribution in [3.05, 3.63) is 29.3 Å². The Labute approximate surface area is 141 Å². The first-order valence-electron chi connectivity index (χ1n) is 9.53. The zero-order valence-electron chi connectivity index (χ0n) is 15.1. The van der Waals surface area contributed by atoms with Crippen LogP contribution in [0.25, 0.3) is 0 Å². The first kappa shape index (κ1) is 15.5. The summed E-state index contributed by atoms with van der Waals surface area (Å²) in [6.07, 6.45) is 5.73. The minimum Gasteiger partial charge on any atom is -0.373 e. The molecule has 2 heterocycles. The average Bonchev–Trinajstić information content (AvgIpc) is 3.36. The van der Waals surface area contributed by atoms with Gasteiger partial charge in [-0.2, -0.15) is 0 Å². The SMILES string of the molecule is CCN1c2ccc(C(C)(C)C)cc2C2OCCCC2C1C1CC1. The number of benzene rings is 1. The maximum absolute atomic E-state index is 6.35. The van der Waals surface area contributed by atoms with E-state index in [1.165, 1.54) is 42.5 Å². The van der Waals surface area contributed by atoms with Gasteiger partial charge in [-0.15, -0.1) is 0 Å². The van der Waals surface area contributed by atoms with Gasteiger partial charge < -0.3 is 9.64 Å². The second-order valence-electron chi connectivity index (χ2n) is 8.74. The highest BCUT2D eigenvalue weighted by molar-refractivity contribution is 5.60. The number of fused-ring (bicyclic) bond motifs is 3. The summed E-state index contributed by atoms with van der Waals surface area (Å²) < 4.78 is 6.35. The Kier molecular flexibility index (Phi) is 3.72. The predicted molar refractivity (Wildman–Crippen MR) is 96.1 cm³/mol. The summed E-state index contributed by atoms with van der Waals surface area (Å²) in [6, 6.07) is 7.88. The summed E-state index contributed by atoms with van der Waals surface area (Å²) in [4.78, 5) is 2.70. The Morgan fingerprint density at radius 1 is 1.17 bits per heavy atom. The average molecular weight is 313 g/mol. The number of ether oxygens (including phenoxy) is 1. The smallest absolute Gasteiger partial charge is 0.0892 e. The van der Waals surface area contributed by atoms with Crippen LogP contribution in [0.4, 0.5) is 5.69 Å². The molecule has 1 saturated heterocycles. The van der Waals surface area contributed by atoms with Crippen molar-refractivity contribution >= 4 is 5.69 Å². The van der Waals surface area contributed by atoms with Crippen LogP contribution < -0.4 is 4.90 Å². The monoisotopic (exact) mass is 313 g/mol. The topological polar surface area (TPSA) is 12.5 Å². The van der Waals surface area contributed by atoms with Gasteiger partial charge in [-0.05, 0) is 55.6 Å². The van der Waals surface area contributed by atoms with Gasteiger partial charge in [0.25, 0.3) is 0 Å². The van der Waals surface area contributed by atoms with E-state index in [1.807, 2.05) is 0 Å². The summed E-state index contributed by atoms with van der Waals surface area (Å²) in [7, 11) is 0. The van der Waals surface area contributed by atoms with Crippen LogP contribution >= 0.6 is 0 Å². The van der Waals surface area contributed by atoms with Crippen molar-refractivity contribution in [3.8, 4) is 0 Å². The number of nitrogens with zero attached hydrogens (tertiary/aromatic N) is 1. The van der Waals surface area contributed by atoms with E-state index in [2.05, 4.69) is 50.8 Å². The highest BCUT2D eigenvalue weighted by Crippen LogP contribution is 2.53. The molecule has 1 aromatic carbocycles. The van der Waals surface area contributed by atoms with E-state index in [9.17, 15) is 0 Å². The van der Waals surface area contributed by atoms with E-state index < -0.39 is 0 Å². The number of hydrogen-bond acceptors (Lipinski definition) is 2. The zero-order valence-corrected chi connectivity index (χ0v) is 15.1. The predicted octanol–water partition coefficient (Wildman–Crippen LogP) is 5.07. The Morgan fingerprint density at radius 3 is 2.61 bits per heavy atom. The van der Waals surface area contributed by atoms with Crippen molar-refractivity contribution in [2.45, 2.75) is 70.9 Å². The number of rotatable bonds is 2. The Balaban J connectivity index is 1.82. The minimum absolute atomic E-state index is 0.198. The van der Waals surface area contributed by atoms with Crippen molar-refractivity contribution < 1.29 is 4.74 Å². The molecule has 3 unspecified atom stereocenters. The summed E-state index contributed by atoms with van der Waals surface area (Å²) in [5.41, 5.74) is 4.54. The molecule has 2 aliphatic heterocycles. The first-order valence-corrected chi connectivity index (χ1v) is 9.53. The minimum atomic E-state index is 0.198. The molecule has 0 bridgehead atoms. The van der Waals surface area contributed by atoms with Crippen molar-refractivity contribution in [1.29, 1.82) is 0 Å². The quantitative estimate of drug-likeness (QED) is 0.756. The largest absolute Gasteiger partial charge is 0.373 e. The second-order valence-corrected chi connectivity index (χ2v) is 8.74. The Bertz CT molecular complexity index is 584. The van der Waals surface area contributed by atoms with Gasteiger partial charge in [0.2, 0.25) is 0 Å². The molecule has 0 spiro atoms. The fourth-order valence-corrected chi connectivity index (χ4v) is 4.80. The van der Waals surface area contributed by atoms with Gasteiger partial charge in [0.05, 0.1) is 6.10 Å². The molecule has 0 amide bonds. The van der Waals surface area contributed by atoms with Gasteiger partial charge in [-0.3, -0.25) is 0 Å². The lowest BCUT2D eigenvalue weighted by molar-refractivity contribution is -0.0447. The zero-order chi connectivity index (χ0) is 16.2. The van der Waals surface area contributed by atoms with E-state index in [0.29, 0.717) is 18.1 Å². The van der Waals surface area contributed by atoms with Crippen molar-refractivity contribution in [2.75, 3.05) is 18.1 Å². The molecule has 23 heavy (non-hydrogen) atoms. The normalized spacial score (nSPS) is 30.8. The molecule has 1 aromatic rings. The number of hydrogen-bond donors (Lipinski definition) is 0. The van der Waals surface area contributed by atoms with E-state index in [4.69, 9.17) is 4.74 Å². The lowest BCUT2D eigenvalue weighted by Crippen LogP contribution is -2.50. The van der Waals surface area contributed by atoms with Crippen LogP contribution in [0.15, 0.2) is 18.2 Å². The fourth-order valence-electron chi connectivity index (χ4n) is 4.80. The van der Waals surface area contributed by atoms with Gasteiger partial charge in [0, 0.05) is 36.4 Å². The second kappa shape index (κ2) is 5.51. The van der Waals surface area contributed by atoms with Crippen LogP contribution in [-0.4, -0.2) is 19.2 Å². The molecule has 0 radical (unpaired) electrons. The van der Waals surface area contributed by atoms with Crippen LogP contribution in [0.2, 0.25) is 0 Å². The molecular weight excluding hydrogens is 282 g/mol. The van der Waals surface area contributed by atoms with Crippen LogP contribution in [-0.2, 0) is 10.2 Å². The molecule has 2 nitrogen and oxygen atoms in total. The maximum atomic E-state index is 6.35. The van der Waals surface area contributed by atoms with Crippen LogP contribution in [0.3, 0.4) is 0 Å². The molecule has 4 rings (SSSR count). The van der Waals surface area contributed by atoms with Gasteiger partial charge in [0.15, 0.2) is 0 Å². The summed E-state index contributed by atoms with van der Waals surface area (Å²) >= 11 is 0. The summed E-state index contributed by atoms with van der Waals surface area (Å²) in [6.45, 7) is 11.3. The van der Waals surface area contributed by atoms with Crippen LogP contribution in [0, 0.1) is 11.8 Å². The summed E-state index contributed by atoms with van der Waals surface area (Å²) in [5, 5.41) is 0. The molecule has 2 fully saturated rings. The molecule has 3 atom stereocenters. The van der Waals surface area contributed by atoms with E-state index in [-0.39, 0.29) is 5.41 Å². The van der Waals surface area contributed by atoms with Crippen molar-refractivity contribution in [1.82, 2.24) is 0 Å². The third kappa shape index (κ3) is 2.59. The Hall–Kier alpha value is -1.02. The standard InChI is InChI=1S/C21H31NO/c1-5-22-18-11-10-15(21(2,3)4)13-17(18)20-16(7-6-12-23-20)19(22)14-8-9-14/h10-11,13-14,16,19-20H,5-9,12H2,1-4H3. The van der Waals surface area contributed by atoms with Gasteiger partial charge >= 0.3 is 0 Å². The van der Waals surface area contributed by atoms with Gasteiger partial charge in [-0.25, -0.2) is 0 Å². The van der Waals surface area contributed by atoms with E-state index in [0.717, 1.165) is 19.1 Å². The van der Waals surface area contributed by atoms with Gasteiger partial charge in [-0.1, -0.05) is 32.9 Å². The molecule has 1 aliphatic carbocycles. The van der Waals surface area contributed by atoms with E-state index >= 15 is 0 Å². The maximum Gasteiger partial charge on any atom is 0.0892 e. The third-order valence-corrected chi connectivity index (χ3v) is 6.12. The van der Waals surface area contributed by atoms with E-state index in [1.54, 1.807) is 0 Å². The third-order valence-electron chi connectivity index (χ3n) is 6.12. The van der Waals surface area contributed by atoms with Crippen LogP contribution in [0.1, 0.15) is 70.6 Å². The molecule has 2 heteroatoms. The fraction of sp³-hybridized carbons (Fsp3) is 0.714.